The number of aromatic nitrogens is 3. The van der Waals surface area contributed by atoms with Gasteiger partial charge in [0.25, 0.3) is 11.5 Å². The summed E-state index contributed by atoms with van der Waals surface area (Å²) in [7, 11) is 2.86. The van der Waals surface area contributed by atoms with Crippen molar-refractivity contribution in [3.05, 3.63) is 38.2 Å². The Bertz CT molecular complexity index is 1050. The summed E-state index contributed by atoms with van der Waals surface area (Å²) in [6, 6.07) is 0.361. The van der Waals surface area contributed by atoms with Gasteiger partial charge in [-0.05, 0) is 38.3 Å². The van der Waals surface area contributed by atoms with E-state index in [1.54, 1.807) is 6.92 Å². The van der Waals surface area contributed by atoms with Crippen molar-refractivity contribution in [1.29, 1.82) is 0 Å². The molecule has 0 saturated heterocycles. The Balaban J connectivity index is 2.20. The first-order valence-corrected chi connectivity index (χ1v) is 8.28. The molecule has 1 aliphatic carbocycles. The van der Waals surface area contributed by atoms with E-state index in [9.17, 15) is 24.3 Å². The van der Waals surface area contributed by atoms with Gasteiger partial charge in [-0.25, -0.2) is 14.6 Å². The van der Waals surface area contributed by atoms with E-state index in [1.807, 2.05) is 0 Å². The first kappa shape index (κ1) is 17.8. The largest absolute Gasteiger partial charge is 0.480 e. The second-order valence-electron chi connectivity index (χ2n) is 6.69. The van der Waals surface area contributed by atoms with E-state index in [1.165, 1.54) is 36.6 Å². The molecule has 2 aromatic rings. The highest BCUT2D eigenvalue weighted by molar-refractivity contribution is 5.97. The number of hydrogen-bond donors (Lipinski definition) is 1. The molecule has 0 bridgehead atoms. The first-order chi connectivity index (χ1) is 12.1. The molecule has 0 spiro atoms. The highest BCUT2D eigenvalue weighted by Crippen LogP contribution is 2.30. The van der Waals surface area contributed by atoms with Gasteiger partial charge in [0, 0.05) is 20.1 Å². The molecule has 1 aliphatic rings. The van der Waals surface area contributed by atoms with Gasteiger partial charge in [-0.2, -0.15) is 0 Å². The van der Waals surface area contributed by atoms with Crippen molar-refractivity contribution >= 4 is 22.9 Å². The summed E-state index contributed by atoms with van der Waals surface area (Å²) in [4.78, 5) is 54.4. The van der Waals surface area contributed by atoms with Crippen LogP contribution in [0.25, 0.3) is 11.0 Å². The fourth-order valence-corrected chi connectivity index (χ4v) is 3.10. The standard InChI is InChI=1S/C17H20N4O5/c1-8-7-11(14(22)21(10-5-6-10)9(2)16(24)25)18-13-12(8)15(23)20(4)17(26)19(13)3/h7,9-10H,5-6H2,1-4H3,(H,24,25). The van der Waals surface area contributed by atoms with E-state index < -0.39 is 29.2 Å². The fraction of sp³-hybridized carbons (Fsp3) is 0.471. The van der Waals surface area contributed by atoms with E-state index in [2.05, 4.69) is 4.98 Å². The maximum atomic E-state index is 12.9. The molecule has 3 rings (SSSR count). The fourth-order valence-electron chi connectivity index (χ4n) is 3.10. The van der Waals surface area contributed by atoms with Crippen molar-refractivity contribution in [2.24, 2.45) is 14.1 Å². The number of carboxylic acids is 1. The topological polar surface area (TPSA) is 114 Å². The zero-order valence-corrected chi connectivity index (χ0v) is 15.0. The molecule has 2 heterocycles. The maximum Gasteiger partial charge on any atom is 0.332 e. The van der Waals surface area contributed by atoms with Crippen LogP contribution >= 0.6 is 0 Å². The summed E-state index contributed by atoms with van der Waals surface area (Å²) in [5, 5.41) is 9.55. The van der Waals surface area contributed by atoms with E-state index in [4.69, 9.17) is 0 Å². The third kappa shape index (κ3) is 2.69. The van der Waals surface area contributed by atoms with Crippen molar-refractivity contribution in [2.45, 2.75) is 38.8 Å². The lowest BCUT2D eigenvalue weighted by Crippen LogP contribution is -2.45. The summed E-state index contributed by atoms with van der Waals surface area (Å²) in [6.07, 6.45) is 1.49. The number of carboxylic acid groups (broad SMARTS) is 1. The molecule has 9 nitrogen and oxygen atoms in total. The van der Waals surface area contributed by atoms with Crippen LogP contribution in [0.3, 0.4) is 0 Å². The van der Waals surface area contributed by atoms with E-state index in [-0.39, 0.29) is 22.8 Å². The lowest BCUT2D eigenvalue weighted by Gasteiger charge is -2.26. The predicted octanol–water partition coefficient (Wildman–Crippen LogP) is 0.0183. The van der Waals surface area contributed by atoms with Gasteiger partial charge in [0.05, 0.1) is 5.39 Å². The number of amides is 1. The first-order valence-electron chi connectivity index (χ1n) is 8.28. The maximum absolute atomic E-state index is 12.9. The zero-order chi connectivity index (χ0) is 19.3. The SMILES string of the molecule is Cc1cc(C(=O)N(C2CC2)C(C)C(=O)O)nc2c1c(=O)n(C)c(=O)n2C. The Morgan fingerprint density at radius 3 is 2.42 bits per heavy atom. The minimum Gasteiger partial charge on any atom is -0.480 e. The smallest absolute Gasteiger partial charge is 0.332 e. The van der Waals surface area contributed by atoms with Crippen LogP contribution in [0.1, 0.15) is 35.8 Å². The Morgan fingerprint density at radius 1 is 1.27 bits per heavy atom. The number of aryl methyl sites for hydroxylation is 2. The second kappa shape index (κ2) is 6.08. The summed E-state index contributed by atoms with van der Waals surface area (Å²) < 4.78 is 2.20. The molecule has 138 valence electrons. The minimum atomic E-state index is -1.09. The van der Waals surface area contributed by atoms with Crippen molar-refractivity contribution in [3.63, 3.8) is 0 Å². The summed E-state index contributed by atoms with van der Waals surface area (Å²) >= 11 is 0. The van der Waals surface area contributed by atoms with Crippen LogP contribution < -0.4 is 11.2 Å². The van der Waals surface area contributed by atoms with Crippen molar-refractivity contribution < 1.29 is 14.7 Å². The van der Waals surface area contributed by atoms with Crippen LogP contribution in [0, 0.1) is 6.92 Å². The molecular weight excluding hydrogens is 340 g/mol. The summed E-state index contributed by atoms with van der Waals surface area (Å²) in [6.45, 7) is 3.12. The normalized spacial score (nSPS) is 15.1. The van der Waals surface area contributed by atoms with Crippen LogP contribution in [0.5, 0.6) is 0 Å². The molecule has 9 heteroatoms. The van der Waals surface area contributed by atoms with Gasteiger partial charge < -0.3 is 10.0 Å². The van der Waals surface area contributed by atoms with Gasteiger partial charge in [0.1, 0.15) is 17.4 Å². The van der Waals surface area contributed by atoms with Crippen molar-refractivity contribution in [1.82, 2.24) is 19.0 Å². The Morgan fingerprint density at radius 2 is 1.88 bits per heavy atom. The van der Waals surface area contributed by atoms with Crippen LogP contribution in [-0.4, -0.2) is 48.1 Å². The highest BCUT2D eigenvalue weighted by atomic mass is 16.4. The molecule has 1 amide bonds. The molecular formula is C17H20N4O5. The Kier molecular flexibility index (Phi) is 4.17. The number of hydrogen-bond acceptors (Lipinski definition) is 5. The quantitative estimate of drug-likeness (QED) is 0.822. The number of carbonyl (C=O) groups is 2. The van der Waals surface area contributed by atoms with Crippen LogP contribution in [-0.2, 0) is 18.9 Å². The molecule has 1 fully saturated rings. The van der Waals surface area contributed by atoms with Gasteiger partial charge in [0.2, 0.25) is 0 Å². The van der Waals surface area contributed by atoms with Gasteiger partial charge in [-0.3, -0.25) is 18.7 Å². The van der Waals surface area contributed by atoms with Crippen molar-refractivity contribution in [3.8, 4) is 0 Å². The number of carbonyl (C=O) groups excluding carboxylic acids is 1. The number of nitrogens with zero attached hydrogens (tertiary/aromatic N) is 4. The molecule has 0 aromatic carbocycles. The van der Waals surface area contributed by atoms with E-state index in [0.29, 0.717) is 5.56 Å². The molecule has 0 radical (unpaired) electrons. The number of fused-ring (bicyclic) bond motifs is 1. The third-order valence-corrected chi connectivity index (χ3v) is 4.78. The molecule has 0 aliphatic heterocycles. The predicted molar refractivity (Wildman–Crippen MR) is 93.3 cm³/mol. The average molecular weight is 360 g/mol. The Labute approximate surface area is 148 Å². The van der Waals surface area contributed by atoms with E-state index in [0.717, 1.165) is 17.4 Å². The molecule has 2 aromatic heterocycles. The average Bonchev–Trinajstić information content (AvgIpc) is 3.42. The molecule has 1 atom stereocenters. The number of aliphatic carboxylic acids is 1. The van der Waals surface area contributed by atoms with Crippen LogP contribution in [0.2, 0.25) is 0 Å². The zero-order valence-electron chi connectivity index (χ0n) is 15.0. The summed E-state index contributed by atoms with van der Waals surface area (Å²) in [5.74, 6) is -1.61. The van der Waals surface area contributed by atoms with Gasteiger partial charge in [-0.15, -0.1) is 0 Å². The lowest BCUT2D eigenvalue weighted by molar-refractivity contribution is -0.141. The summed E-state index contributed by atoms with van der Waals surface area (Å²) in [5.41, 5.74) is -0.381. The van der Waals surface area contributed by atoms with Gasteiger partial charge in [0.15, 0.2) is 0 Å². The Hall–Kier alpha value is -2.97. The third-order valence-electron chi connectivity index (χ3n) is 4.78. The van der Waals surface area contributed by atoms with Crippen LogP contribution in [0.4, 0.5) is 0 Å². The monoisotopic (exact) mass is 360 g/mol. The molecule has 1 N–H and O–H groups in total. The highest BCUT2D eigenvalue weighted by Gasteiger charge is 2.39. The number of rotatable bonds is 4. The van der Waals surface area contributed by atoms with Crippen molar-refractivity contribution in [2.75, 3.05) is 0 Å². The van der Waals surface area contributed by atoms with Gasteiger partial charge >= 0.3 is 11.7 Å². The van der Waals surface area contributed by atoms with Gasteiger partial charge in [-0.1, -0.05) is 0 Å². The second-order valence-corrected chi connectivity index (χ2v) is 6.69. The molecule has 1 unspecified atom stereocenters. The minimum absolute atomic E-state index is 0.0262. The van der Waals surface area contributed by atoms with Crippen LogP contribution in [0.15, 0.2) is 15.7 Å². The number of pyridine rings is 1. The molecule has 26 heavy (non-hydrogen) atoms. The lowest BCUT2D eigenvalue weighted by atomic mass is 10.1. The van der Waals surface area contributed by atoms with E-state index >= 15 is 0 Å². The molecule has 1 saturated carbocycles.